The predicted octanol–water partition coefficient (Wildman–Crippen LogP) is 2.81. The summed E-state index contributed by atoms with van der Waals surface area (Å²) in [4.78, 5) is 109. The highest BCUT2D eigenvalue weighted by atomic mass is 16.5. The van der Waals surface area contributed by atoms with Crippen LogP contribution in [0.15, 0.2) is 72.8 Å². The Morgan fingerprint density at radius 3 is 0.914 bits per heavy atom. The van der Waals surface area contributed by atoms with Gasteiger partial charge in [0.1, 0.15) is 41.1 Å². The van der Waals surface area contributed by atoms with Crippen molar-refractivity contribution in [3.63, 3.8) is 0 Å². The van der Waals surface area contributed by atoms with Gasteiger partial charge in [0, 0.05) is 22.7 Å². The van der Waals surface area contributed by atoms with E-state index < -0.39 is 71.4 Å². The van der Waals surface area contributed by atoms with Gasteiger partial charge in [-0.25, -0.2) is 0 Å². The van der Waals surface area contributed by atoms with Crippen molar-refractivity contribution in [1.29, 1.82) is 0 Å². The van der Waals surface area contributed by atoms with Gasteiger partial charge in [-0.1, -0.05) is 6.42 Å². The first kappa shape index (κ1) is 65.2. The molecule has 0 heterocycles. The lowest BCUT2D eigenvalue weighted by Crippen LogP contribution is -2.44. The van der Waals surface area contributed by atoms with Gasteiger partial charge in [0.2, 0.25) is 23.6 Å². The zero-order chi connectivity index (χ0) is 59.4. The van der Waals surface area contributed by atoms with Crippen molar-refractivity contribution in [2.75, 3.05) is 75.9 Å². The summed E-state index contributed by atoms with van der Waals surface area (Å²) < 4.78 is 21.7. The topological polar surface area (TPSA) is 414 Å². The maximum atomic E-state index is 14.2. The smallest absolute Gasteiger partial charge is 0.255 e. The Labute approximate surface area is 471 Å². The Hall–Kier alpha value is -8.36. The molecule has 81 heavy (non-hydrogen) atoms. The van der Waals surface area contributed by atoms with Crippen LogP contribution in [0, 0.1) is 0 Å². The molecule has 0 saturated heterocycles. The number of ether oxygens (including phenoxy) is 4. The van der Waals surface area contributed by atoms with E-state index in [1.165, 1.54) is 95.2 Å². The van der Waals surface area contributed by atoms with E-state index in [0.717, 1.165) is 0 Å². The molecule has 0 unspecified atom stereocenters. The summed E-state index contributed by atoms with van der Waals surface area (Å²) in [6.45, 7) is 1.46. The molecule has 440 valence electrons. The SMILES string of the molecule is COc1ccc(NC(=O)[C@@H](CCCCN)NC(=O)c2cc(NC(=O)[C@@H](CCCCN)NC(=O)c3cc(NC(=O)[C@@H](CCCCN)NC(=O)c4cc(NC(=O)[C@@H](N)CCCCN)ccc4OC)ccc3OC)ccc2OC)cc1C(N)=O. The summed E-state index contributed by atoms with van der Waals surface area (Å²) >= 11 is 0. The lowest BCUT2D eigenvalue weighted by atomic mass is 10.1. The fraction of sp³-hybridized carbons (Fsp3) is 0.429. The Bertz CT molecular complexity index is 2800. The standard InChI is InChI=1S/C56H79N13O12/c1-78-45-21-17-33(29-37(45)49(62)70)64-54(75)42(14-6-10-26-58)67-51(72)39-31-35(19-23-47(39)80-3)66-56(77)44(16-8-12-28-60)69-52(73)40-32-36(20-24-48(40)81-4)65-55(76)43(15-7-11-27-59)68-50(71)38-30-34(18-22-46(38)79-2)63-53(74)41(61)13-5-9-25-57/h17-24,29-32,41-44H,5-16,25-28,57-61H2,1-4H3,(H2,62,70)(H,63,74)(H,64,75)(H,65,76)(H,66,77)(H,67,72)(H,68,71)(H,69,73)/t41-,42+,43+,44+/m0/s1. The number of unbranched alkanes of at least 4 members (excludes halogenated alkanes) is 4. The molecule has 0 saturated carbocycles. The van der Waals surface area contributed by atoms with Crippen molar-refractivity contribution in [2.24, 2.45) is 34.4 Å². The van der Waals surface area contributed by atoms with E-state index in [0.29, 0.717) is 84.0 Å². The minimum absolute atomic E-state index is 0.0325. The number of anilines is 4. The molecule has 0 fully saturated rings. The van der Waals surface area contributed by atoms with E-state index in [-0.39, 0.29) is 87.3 Å². The number of methoxy groups -OCH3 is 4. The molecule has 0 aliphatic heterocycles. The van der Waals surface area contributed by atoms with Crippen LogP contribution in [0.25, 0.3) is 0 Å². The van der Waals surface area contributed by atoms with Crippen LogP contribution in [0.5, 0.6) is 23.0 Å². The third kappa shape index (κ3) is 20.0. The number of nitrogens with two attached hydrogens (primary N) is 6. The molecule has 0 bridgehead atoms. The van der Waals surface area contributed by atoms with E-state index in [4.69, 9.17) is 53.3 Å². The number of carbonyl (C=O) groups is 8. The van der Waals surface area contributed by atoms with E-state index in [9.17, 15) is 38.4 Å². The number of rotatable bonds is 35. The minimum Gasteiger partial charge on any atom is -0.496 e. The molecule has 4 aromatic rings. The van der Waals surface area contributed by atoms with Crippen molar-refractivity contribution in [2.45, 2.75) is 101 Å². The quantitative estimate of drug-likeness (QED) is 0.0295. The molecule has 4 atom stereocenters. The fourth-order valence-corrected chi connectivity index (χ4v) is 8.42. The molecule has 25 nitrogen and oxygen atoms in total. The van der Waals surface area contributed by atoms with Gasteiger partial charge in [-0.05, 0) is 170 Å². The maximum absolute atomic E-state index is 14.2. The average molecular weight is 1130 g/mol. The summed E-state index contributed by atoms with van der Waals surface area (Å²) in [5.41, 5.74) is 35.3. The van der Waals surface area contributed by atoms with Crippen LogP contribution in [0.3, 0.4) is 0 Å². The summed E-state index contributed by atoms with van der Waals surface area (Å²) in [5.74, 6) is -4.64. The highest BCUT2D eigenvalue weighted by molar-refractivity contribution is 6.07. The molecule has 0 aromatic heterocycles. The van der Waals surface area contributed by atoms with E-state index in [2.05, 4.69) is 37.2 Å². The number of benzene rings is 4. The number of nitrogens with one attached hydrogen (secondary N) is 7. The molecular weight excluding hydrogens is 1050 g/mol. The lowest BCUT2D eigenvalue weighted by Gasteiger charge is -2.22. The summed E-state index contributed by atoms with van der Waals surface area (Å²) in [6.07, 6.45) is 5.28. The highest BCUT2D eigenvalue weighted by Gasteiger charge is 2.29. The second-order valence-electron chi connectivity index (χ2n) is 18.8. The molecule has 4 rings (SSSR count). The van der Waals surface area contributed by atoms with Crippen LogP contribution < -0.4 is 90.6 Å². The molecule has 0 spiro atoms. The second-order valence-corrected chi connectivity index (χ2v) is 18.8. The number of amides is 8. The van der Waals surface area contributed by atoms with E-state index in [1.807, 2.05) is 0 Å². The highest BCUT2D eigenvalue weighted by Crippen LogP contribution is 2.28. The third-order valence-corrected chi connectivity index (χ3v) is 12.9. The zero-order valence-electron chi connectivity index (χ0n) is 46.4. The van der Waals surface area contributed by atoms with Gasteiger partial charge in [-0.15, -0.1) is 0 Å². The Balaban J connectivity index is 1.55. The van der Waals surface area contributed by atoms with Gasteiger partial charge in [-0.3, -0.25) is 38.4 Å². The molecule has 0 aliphatic carbocycles. The fourth-order valence-electron chi connectivity index (χ4n) is 8.42. The third-order valence-electron chi connectivity index (χ3n) is 12.9. The zero-order valence-corrected chi connectivity index (χ0v) is 46.4. The van der Waals surface area contributed by atoms with Crippen molar-refractivity contribution in [3.8, 4) is 23.0 Å². The van der Waals surface area contributed by atoms with Crippen LogP contribution in [-0.4, -0.2) is 126 Å². The summed E-state index contributed by atoms with van der Waals surface area (Å²) in [6, 6.07) is 13.3. The first-order valence-corrected chi connectivity index (χ1v) is 26.7. The lowest BCUT2D eigenvalue weighted by molar-refractivity contribution is -0.118. The number of primary amides is 1. The molecule has 0 radical (unpaired) electrons. The Morgan fingerprint density at radius 2 is 0.642 bits per heavy atom. The van der Waals surface area contributed by atoms with Crippen LogP contribution >= 0.6 is 0 Å². The molecule has 4 aromatic carbocycles. The van der Waals surface area contributed by atoms with Gasteiger partial charge in [0.05, 0.1) is 56.7 Å². The van der Waals surface area contributed by atoms with Crippen molar-refractivity contribution in [1.82, 2.24) is 16.0 Å². The summed E-state index contributed by atoms with van der Waals surface area (Å²) in [5, 5.41) is 19.3. The van der Waals surface area contributed by atoms with Crippen molar-refractivity contribution in [3.05, 3.63) is 95.1 Å². The van der Waals surface area contributed by atoms with Gasteiger partial charge in [0.15, 0.2) is 0 Å². The monoisotopic (exact) mass is 1130 g/mol. The Kier molecular flexibility index (Phi) is 27.3. The van der Waals surface area contributed by atoms with Gasteiger partial charge in [-0.2, -0.15) is 0 Å². The molecule has 25 heteroatoms. The van der Waals surface area contributed by atoms with Gasteiger partial charge < -0.3 is 90.6 Å². The van der Waals surface area contributed by atoms with Crippen molar-refractivity contribution < 1.29 is 57.3 Å². The Morgan fingerprint density at radius 1 is 0.383 bits per heavy atom. The van der Waals surface area contributed by atoms with E-state index >= 15 is 0 Å². The molecule has 19 N–H and O–H groups in total. The minimum atomic E-state index is -1.17. The first-order chi connectivity index (χ1) is 38.9. The predicted molar refractivity (Wildman–Crippen MR) is 308 cm³/mol. The number of hydrogen-bond donors (Lipinski definition) is 13. The van der Waals surface area contributed by atoms with Crippen LogP contribution in [0.4, 0.5) is 22.7 Å². The summed E-state index contributed by atoms with van der Waals surface area (Å²) in [7, 11) is 5.44. The molecule has 8 amide bonds. The largest absolute Gasteiger partial charge is 0.496 e. The normalized spacial score (nSPS) is 12.3. The van der Waals surface area contributed by atoms with Crippen LogP contribution in [0.1, 0.15) is 118 Å². The number of carbonyl (C=O) groups excluding carboxylic acids is 8. The van der Waals surface area contributed by atoms with Gasteiger partial charge >= 0.3 is 0 Å². The first-order valence-electron chi connectivity index (χ1n) is 26.7. The van der Waals surface area contributed by atoms with Gasteiger partial charge in [0.25, 0.3) is 23.6 Å². The van der Waals surface area contributed by atoms with Crippen LogP contribution in [-0.2, 0) is 19.2 Å². The average Bonchev–Trinajstić information content (AvgIpc) is 3.48. The van der Waals surface area contributed by atoms with E-state index in [1.54, 1.807) is 6.07 Å². The molecular formula is C56H79N13O12. The van der Waals surface area contributed by atoms with Crippen molar-refractivity contribution >= 4 is 70.0 Å². The second kappa shape index (κ2) is 33.9. The number of hydrogen-bond acceptors (Lipinski definition) is 17. The molecule has 0 aliphatic rings. The maximum Gasteiger partial charge on any atom is 0.255 e. The van der Waals surface area contributed by atoms with Crippen LogP contribution in [0.2, 0.25) is 0 Å².